The molecule has 1 heterocycles. The molecule has 5 nitrogen and oxygen atoms in total. The van der Waals surface area contributed by atoms with E-state index in [1.54, 1.807) is 33.3 Å². The Balaban J connectivity index is 2.24. The Hall–Kier alpha value is -2.04. The molecule has 0 aliphatic carbocycles. The number of methoxy groups -OCH3 is 2. The van der Waals surface area contributed by atoms with Gasteiger partial charge in [0.05, 0.1) is 26.1 Å². The zero-order valence-corrected chi connectivity index (χ0v) is 11.2. The van der Waals surface area contributed by atoms with Gasteiger partial charge in [0, 0.05) is 0 Å². The summed E-state index contributed by atoms with van der Waals surface area (Å²) in [5, 5.41) is 0. The highest BCUT2D eigenvalue weighted by molar-refractivity contribution is 5.97. The molecular formula is C14H16O5. The van der Waals surface area contributed by atoms with Crippen LogP contribution >= 0.6 is 0 Å². The Kier molecular flexibility index (Phi) is 3.46. The van der Waals surface area contributed by atoms with Crippen molar-refractivity contribution in [1.29, 1.82) is 0 Å². The molecule has 0 bridgehead atoms. The summed E-state index contributed by atoms with van der Waals surface area (Å²) in [5.41, 5.74) is 0.100. The van der Waals surface area contributed by atoms with Crippen molar-refractivity contribution >= 4 is 11.9 Å². The summed E-state index contributed by atoms with van der Waals surface area (Å²) in [6.07, 6.45) is 0.540. The molecule has 0 amide bonds. The molecule has 1 aromatic rings. The van der Waals surface area contributed by atoms with Crippen LogP contribution in [0.5, 0.6) is 11.5 Å². The molecule has 19 heavy (non-hydrogen) atoms. The maximum Gasteiger partial charge on any atom is 0.320 e. The summed E-state index contributed by atoms with van der Waals surface area (Å²) in [6, 6.07) is 5.43. The van der Waals surface area contributed by atoms with Crippen molar-refractivity contribution in [2.75, 3.05) is 14.2 Å². The zero-order valence-electron chi connectivity index (χ0n) is 11.2. The maximum absolute atomic E-state index is 11.7. The summed E-state index contributed by atoms with van der Waals surface area (Å²) in [5.74, 6) is 0.294. The number of hydrogen-bond donors (Lipinski definition) is 0. The third-order valence-corrected chi connectivity index (χ3v) is 3.28. The highest BCUT2D eigenvalue weighted by Crippen LogP contribution is 2.36. The minimum Gasteiger partial charge on any atom is -0.493 e. The number of benzene rings is 1. The van der Waals surface area contributed by atoms with Crippen LogP contribution < -0.4 is 9.47 Å². The van der Waals surface area contributed by atoms with Gasteiger partial charge in [0.25, 0.3) is 0 Å². The Labute approximate surface area is 111 Å². The molecule has 1 unspecified atom stereocenters. The van der Waals surface area contributed by atoms with Crippen molar-refractivity contribution in [3.63, 3.8) is 0 Å². The zero-order chi connectivity index (χ0) is 14.0. The molecule has 102 valence electrons. The van der Waals surface area contributed by atoms with E-state index in [4.69, 9.17) is 9.47 Å². The third-order valence-electron chi connectivity index (χ3n) is 3.28. The van der Waals surface area contributed by atoms with Crippen LogP contribution in [-0.4, -0.2) is 26.2 Å². The molecule has 0 saturated carbocycles. The summed E-state index contributed by atoms with van der Waals surface area (Å²) >= 11 is 0. The first-order chi connectivity index (χ1) is 8.98. The minimum atomic E-state index is -0.795. The quantitative estimate of drug-likeness (QED) is 0.612. The van der Waals surface area contributed by atoms with Crippen LogP contribution in [0.1, 0.15) is 18.9 Å². The molecule has 1 saturated heterocycles. The molecule has 1 atom stereocenters. The maximum atomic E-state index is 11.7. The summed E-state index contributed by atoms with van der Waals surface area (Å²) in [6.45, 7) is 1.73. The van der Waals surface area contributed by atoms with Gasteiger partial charge in [-0.25, -0.2) is 0 Å². The lowest BCUT2D eigenvalue weighted by molar-refractivity contribution is -0.154. The summed E-state index contributed by atoms with van der Waals surface area (Å²) in [7, 11) is 3.11. The van der Waals surface area contributed by atoms with E-state index in [9.17, 15) is 9.59 Å². The van der Waals surface area contributed by atoms with Crippen molar-refractivity contribution < 1.29 is 23.8 Å². The van der Waals surface area contributed by atoms with Crippen molar-refractivity contribution in [2.24, 2.45) is 5.41 Å². The van der Waals surface area contributed by atoms with Crippen LogP contribution in [0.4, 0.5) is 0 Å². The van der Waals surface area contributed by atoms with Gasteiger partial charge in [-0.1, -0.05) is 6.07 Å². The lowest BCUT2D eigenvalue weighted by atomic mass is 9.82. The van der Waals surface area contributed by atoms with E-state index in [1.807, 2.05) is 6.07 Å². The SMILES string of the molecule is COc1ccc(CC2(C)CC(=O)OC2=O)cc1OC. The lowest BCUT2D eigenvalue weighted by Gasteiger charge is -2.18. The van der Waals surface area contributed by atoms with Crippen LogP contribution in [0.3, 0.4) is 0 Å². The number of rotatable bonds is 4. The number of esters is 2. The first-order valence-electron chi connectivity index (χ1n) is 5.94. The second-order valence-corrected chi connectivity index (χ2v) is 4.87. The van der Waals surface area contributed by atoms with Crippen molar-refractivity contribution in [3.8, 4) is 11.5 Å². The number of ether oxygens (including phenoxy) is 3. The van der Waals surface area contributed by atoms with E-state index in [0.29, 0.717) is 17.9 Å². The third kappa shape index (κ3) is 2.54. The summed E-state index contributed by atoms with van der Waals surface area (Å²) in [4.78, 5) is 22.9. The molecule has 1 aromatic carbocycles. The molecule has 0 aromatic heterocycles. The fraction of sp³-hybridized carbons (Fsp3) is 0.429. The van der Waals surface area contributed by atoms with Gasteiger partial charge in [-0.15, -0.1) is 0 Å². The van der Waals surface area contributed by atoms with E-state index >= 15 is 0 Å². The number of carbonyl (C=O) groups excluding carboxylic acids is 2. The first-order valence-corrected chi connectivity index (χ1v) is 5.94. The second kappa shape index (κ2) is 4.91. The molecule has 1 aliphatic rings. The van der Waals surface area contributed by atoms with Gasteiger partial charge in [-0.3, -0.25) is 9.59 Å². The molecule has 1 fully saturated rings. The molecule has 0 radical (unpaired) electrons. The largest absolute Gasteiger partial charge is 0.493 e. The average molecular weight is 264 g/mol. The normalized spacial score (nSPS) is 22.3. The van der Waals surface area contributed by atoms with E-state index in [1.165, 1.54) is 0 Å². The Bertz CT molecular complexity index is 523. The van der Waals surface area contributed by atoms with Crippen LogP contribution in [0.15, 0.2) is 18.2 Å². The predicted octanol–water partition coefficient (Wildman–Crippen LogP) is 1.73. The highest BCUT2D eigenvalue weighted by Gasteiger charge is 2.45. The lowest BCUT2D eigenvalue weighted by Crippen LogP contribution is -2.25. The molecule has 5 heteroatoms. The Morgan fingerprint density at radius 1 is 1.21 bits per heavy atom. The number of hydrogen-bond acceptors (Lipinski definition) is 5. The van der Waals surface area contributed by atoms with E-state index in [-0.39, 0.29) is 6.42 Å². The van der Waals surface area contributed by atoms with Crippen LogP contribution in [0, 0.1) is 5.41 Å². The van der Waals surface area contributed by atoms with Gasteiger partial charge in [0.1, 0.15) is 0 Å². The fourth-order valence-corrected chi connectivity index (χ4v) is 2.23. The smallest absolute Gasteiger partial charge is 0.320 e. The molecule has 1 aliphatic heterocycles. The average Bonchev–Trinajstić information content (AvgIpc) is 2.62. The molecule has 2 rings (SSSR count). The van der Waals surface area contributed by atoms with Gasteiger partial charge in [0.15, 0.2) is 11.5 Å². The predicted molar refractivity (Wildman–Crippen MR) is 67.1 cm³/mol. The standard InChI is InChI=1S/C14H16O5/c1-14(8-12(15)19-13(14)16)7-9-4-5-10(17-2)11(6-9)18-3/h4-6H,7-8H2,1-3H3. The van der Waals surface area contributed by atoms with Gasteiger partial charge in [-0.05, 0) is 31.0 Å². The van der Waals surface area contributed by atoms with Gasteiger partial charge >= 0.3 is 11.9 Å². The van der Waals surface area contributed by atoms with Crippen molar-refractivity contribution in [1.82, 2.24) is 0 Å². The van der Waals surface area contributed by atoms with E-state index in [0.717, 1.165) is 5.56 Å². The number of carbonyl (C=O) groups is 2. The molecule has 0 N–H and O–H groups in total. The number of cyclic esters (lactones) is 2. The Morgan fingerprint density at radius 2 is 1.89 bits per heavy atom. The van der Waals surface area contributed by atoms with Gasteiger partial charge in [-0.2, -0.15) is 0 Å². The van der Waals surface area contributed by atoms with Crippen LogP contribution in [-0.2, 0) is 20.7 Å². The molecular weight excluding hydrogens is 248 g/mol. The summed E-state index contributed by atoms with van der Waals surface area (Å²) < 4.78 is 15.0. The Morgan fingerprint density at radius 3 is 2.42 bits per heavy atom. The van der Waals surface area contributed by atoms with E-state index < -0.39 is 17.4 Å². The second-order valence-electron chi connectivity index (χ2n) is 4.87. The van der Waals surface area contributed by atoms with Crippen molar-refractivity contribution in [3.05, 3.63) is 23.8 Å². The van der Waals surface area contributed by atoms with Gasteiger partial charge in [0.2, 0.25) is 0 Å². The minimum absolute atomic E-state index is 0.111. The highest BCUT2D eigenvalue weighted by atomic mass is 16.6. The van der Waals surface area contributed by atoms with Crippen LogP contribution in [0.25, 0.3) is 0 Å². The topological polar surface area (TPSA) is 61.8 Å². The van der Waals surface area contributed by atoms with Crippen LogP contribution in [0.2, 0.25) is 0 Å². The monoisotopic (exact) mass is 264 g/mol. The fourth-order valence-electron chi connectivity index (χ4n) is 2.23. The van der Waals surface area contributed by atoms with Gasteiger partial charge < -0.3 is 14.2 Å². The first kappa shape index (κ1) is 13.4. The van der Waals surface area contributed by atoms with E-state index in [2.05, 4.69) is 4.74 Å². The molecule has 0 spiro atoms. The van der Waals surface area contributed by atoms with Crippen molar-refractivity contribution in [2.45, 2.75) is 19.8 Å².